The second-order valence-electron chi connectivity index (χ2n) is 4.64. The fraction of sp³-hybridized carbons (Fsp3) is 0.583. The molecule has 5 nitrogen and oxygen atoms in total. The Bertz CT molecular complexity index is 488. The van der Waals surface area contributed by atoms with Crippen molar-refractivity contribution in [2.45, 2.75) is 11.8 Å². The first-order chi connectivity index (χ1) is 8.36. The Labute approximate surface area is 109 Å². The standard InChI is InChI=1S/C12H21N3O2S/c1-10(8-13-2)9-15(3)12-11(18(4,16)17)6-5-7-14-12/h5-7,10,13H,8-9H2,1-4H3. The second-order valence-corrected chi connectivity index (χ2v) is 6.62. The molecule has 1 aromatic rings. The van der Waals surface area contributed by atoms with Crippen LogP contribution in [-0.2, 0) is 9.84 Å². The van der Waals surface area contributed by atoms with Gasteiger partial charge in [-0.25, -0.2) is 13.4 Å². The maximum Gasteiger partial charge on any atom is 0.179 e. The van der Waals surface area contributed by atoms with Crippen LogP contribution >= 0.6 is 0 Å². The topological polar surface area (TPSA) is 62.3 Å². The third-order valence-electron chi connectivity index (χ3n) is 2.65. The SMILES string of the molecule is CNCC(C)CN(C)c1ncccc1S(C)(=O)=O. The molecule has 0 bridgehead atoms. The van der Waals surface area contributed by atoms with Gasteiger partial charge in [-0.2, -0.15) is 0 Å². The third-order valence-corrected chi connectivity index (χ3v) is 3.77. The highest BCUT2D eigenvalue weighted by molar-refractivity contribution is 7.90. The van der Waals surface area contributed by atoms with Crippen LogP contribution in [0.3, 0.4) is 0 Å². The van der Waals surface area contributed by atoms with E-state index in [0.29, 0.717) is 11.7 Å². The first-order valence-corrected chi connectivity index (χ1v) is 7.76. The van der Waals surface area contributed by atoms with Gasteiger partial charge in [0.25, 0.3) is 0 Å². The van der Waals surface area contributed by atoms with Gasteiger partial charge in [-0.15, -0.1) is 0 Å². The van der Waals surface area contributed by atoms with Crippen LogP contribution in [0.5, 0.6) is 0 Å². The number of sulfone groups is 1. The van der Waals surface area contributed by atoms with E-state index in [-0.39, 0.29) is 4.90 Å². The Hall–Kier alpha value is -1.14. The molecular weight excluding hydrogens is 250 g/mol. The zero-order valence-electron chi connectivity index (χ0n) is 11.3. The molecule has 102 valence electrons. The van der Waals surface area contributed by atoms with Crippen molar-refractivity contribution in [2.75, 3.05) is 38.3 Å². The second kappa shape index (κ2) is 6.15. The zero-order valence-corrected chi connectivity index (χ0v) is 12.2. The molecule has 0 radical (unpaired) electrons. The summed E-state index contributed by atoms with van der Waals surface area (Å²) < 4.78 is 23.4. The molecule has 0 aromatic carbocycles. The van der Waals surface area contributed by atoms with E-state index in [1.165, 1.54) is 6.26 Å². The highest BCUT2D eigenvalue weighted by Gasteiger charge is 2.18. The van der Waals surface area contributed by atoms with Crippen molar-refractivity contribution in [1.82, 2.24) is 10.3 Å². The van der Waals surface area contributed by atoms with Crippen molar-refractivity contribution < 1.29 is 8.42 Å². The van der Waals surface area contributed by atoms with E-state index in [1.54, 1.807) is 18.3 Å². The van der Waals surface area contributed by atoms with Crippen molar-refractivity contribution in [3.63, 3.8) is 0 Å². The van der Waals surface area contributed by atoms with Crippen LogP contribution < -0.4 is 10.2 Å². The van der Waals surface area contributed by atoms with E-state index in [9.17, 15) is 8.42 Å². The lowest BCUT2D eigenvalue weighted by Gasteiger charge is -2.23. The van der Waals surface area contributed by atoms with Gasteiger partial charge in [0.05, 0.1) is 0 Å². The molecule has 0 saturated carbocycles. The molecule has 0 aliphatic heterocycles. The molecule has 0 saturated heterocycles. The molecule has 1 unspecified atom stereocenters. The Balaban J connectivity index is 2.96. The number of nitrogens with zero attached hydrogens (tertiary/aromatic N) is 2. The van der Waals surface area contributed by atoms with Crippen LogP contribution in [0.4, 0.5) is 5.82 Å². The van der Waals surface area contributed by atoms with Gasteiger partial charge in [0.15, 0.2) is 9.84 Å². The van der Waals surface area contributed by atoms with Crippen molar-refractivity contribution >= 4 is 15.7 Å². The Morgan fingerprint density at radius 1 is 1.50 bits per heavy atom. The highest BCUT2D eigenvalue weighted by Crippen LogP contribution is 2.21. The highest BCUT2D eigenvalue weighted by atomic mass is 32.2. The molecule has 1 aromatic heterocycles. The Kier molecular flexibility index (Phi) is 5.10. The maximum absolute atomic E-state index is 11.7. The summed E-state index contributed by atoms with van der Waals surface area (Å²) >= 11 is 0. The molecule has 0 fully saturated rings. The number of nitrogens with one attached hydrogen (secondary N) is 1. The molecule has 1 atom stereocenters. The first-order valence-electron chi connectivity index (χ1n) is 5.87. The predicted octanol–water partition coefficient (Wildman–Crippen LogP) is 0.777. The van der Waals surface area contributed by atoms with Crippen molar-refractivity contribution in [3.05, 3.63) is 18.3 Å². The number of anilines is 1. The third kappa shape index (κ3) is 3.96. The van der Waals surface area contributed by atoms with Crippen LogP contribution in [0.2, 0.25) is 0 Å². The molecule has 6 heteroatoms. The van der Waals surface area contributed by atoms with Crippen LogP contribution in [0.25, 0.3) is 0 Å². The molecule has 0 spiro atoms. The van der Waals surface area contributed by atoms with Crippen LogP contribution in [-0.4, -0.2) is 46.8 Å². The Morgan fingerprint density at radius 2 is 2.17 bits per heavy atom. The zero-order chi connectivity index (χ0) is 13.8. The molecule has 1 rings (SSSR count). The van der Waals surface area contributed by atoms with Gasteiger partial charge >= 0.3 is 0 Å². The molecule has 1 heterocycles. The minimum absolute atomic E-state index is 0.282. The fourth-order valence-corrected chi connectivity index (χ4v) is 2.79. The van der Waals surface area contributed by atoms with E-state index in [2.05, 4.69) is 17.2 Å². The Morgan fingerprint density at radius 3 is 2.72 bits per heavy atom. The van der Waals surface area contributed by atoms with Gasteiger partial charge in [-0.05, 0) is 31.6 Å². The number of aromatic nitrogens is 1. The number of hydrogen-bond acceptors (Lipinski definition) is 5. The molecule has 18 heavy (non-hydrogen) atoms. The number of pyridine rings is 1. The van der Waals surface area contributed by atoms with E-state index in [0.717, 1.165) is 13.1 Å². The summed E-state index contributed by atoms with van der Waals surface area (Å²) in [5.74, 6) is 0.928. The van der Waals surface area contributed by atoms with Crippen LogP contribution in [0.15, 0.2) is 23.2 Å². The lowest BCUT2D eigenvalue weighted by atomic mass is 10.1. The lowest BCUT2D eigenvalue weighted by Crippen LogP contribution is -2.31. The summed E-state index contributed by atoms with van der Waals surface area (Å²) in [6, 6.07) is 3.24. The summed E-state index contributed by atoms with van der Waals surface area (Å²) in [6.45, 7) is 3.74. The summed E-state index contributed by atoms with van der Waals surface area (Å²) in [4.78, 5) is 6.35. The fourth-order valence-electron chi connectivity index (χ4n) is 1.93. The maximum atomic E-state index is 11.7. The van der Waals surface area contributed by atoms with Crippen molar-refractivity contribution in [3.8, 4) is 0 Å². The number of rotatable bonds is 6. The van der Waals surface area contributed by atoms with Gasteiger partial charge in [0, 0.05) is 26.0 Å². The predicted molar refractivity (Wildman–Crippen MR) is 73.7 cm³/mol. The summed E-state index contributed by atoms with van der Waals surface area (Å²) in [7, 11) is 0.520. The lowest BCUT2D eigenvalue weighted by molar-refractivity contribution is 0.539. The van der Waals surface area contributed by atoms with Gasteiger partial charge in [0.2, 0.25) is 0 Å². The summed E-state index contributed by atoms with van der Waals surface area (Å²) in [5, 5.41) is 3.10. The molecule has 0 aliphatic carbocycles. The van der Waals surface area contributed by atoms with E-state index >= 15 is 0 Å². The molecule has 0 aliphatic rings. The number of hydrogen-bond donors (Lipinski definition) is 1. The minimum atomic E-state index is -3.25. The van der Waals surface area contributed by atoms with Gasteiger partial charge in [-0.3, -0.25) is 0 Å². The van der Waals surface area contributed by atoms with Gasteiger partial charge in [-0.1, -0.05) is 6.92 Å². The van der Waals surface area contributed by atoms with Gasteiger partial charge in [0.1, 0.15) is 10.7 Å². The van der Waals surface area contributed by atoms with Crippen LogP contribution in [0.1, 0.15) is 6.92 Å². The van der Waals surface area contributed by atoms with Crippen molar-refractivity contribution in [1.29, 1.82) is 0 Å². The van der Waals surface area contributed by atoms with E-state index in [4.69, 9.17) is 0 Å². The molecule has 1 N–H and O–H groups in total. The monoisotopic (exact) mass is 271 g/mol. The minimum Gasteiger partial charge on any atom is -0.358 e. The normalized spacial score (nSPS) is 13.3. The smallest absolute Gasteiger partial charge is 0.179 e. The van der Waals surface area contributed by atoms with E-state index < -0.39 is 9.84 Å². The van der Waals surface area contributed by atoms with Crippen molar-refractivity contribution in [2.24, 2.45) is 5.92 Å². The van der Waals surface area contributed by atoms with E-state index in [1.807, 2.05) is 19.0 Å². The molecule has 0 amide bonds. The summed E-state index contributed by atoms with van der Waals surface area (Å²) in [5.41, 5.74) is 0. The van der Waals surface area contributed by atoms with Gasteiger partial charge < -0.3 is 10.2 Å². The van der Waals surface area contributed by atoms with Crippen LogP contribution in [0, 0.1) is 5.92 Å². The quantitative estimate of drug-likeness (QED) is 0.828. The largest absolute Gasteiger partial charge is 0.358 e. The first kappa shape index (κ1) is 14.9. The summed E-state index contributed by atoms with van der Waals surface area (Å²) in [6.07, 6.45) is 2.82. The average molecular weight is 271 g/mol. The molecular formula is C12H21N3O2S. The average Bonchev–Trinajstić information content (AvgIpc) is 2.28.